The van der Waals surface area contributed by atoms with Gasteiger partial charge in [-0.3, -0.25) is 0 Å². The molecule has 3 rings (SSSR count). The SMILES string of the molecule is NN=C1CCSc2ccc3ccccc3c21. The molecule has 2 nitrogen and oxygen atoms in total. The molecule has 0 radical (unpaired) electrons. The molecule has 0 aromatic heterocycles. The topological polar surface area (TPSA) is 38.4 Å². The second-order valence-corrected chi connectivity index (χ2v) is 4.97. The zero-order valence-corrected chi connectivity index (χ0v) is 9.63. The number of nitrogens with zero attached hydrogens (tertiary/aromatic N) is 1. The normalized spacial score (nSPS) is 17.6. The first kappa shape index (κ1) is 9.73. The highest BCUT2D eigenvalue weighted by atomic mass is 32.2. The highest BCUT2D eigenvalue weighted by Crippen LogP contribution is 2.35. The molecule has 0 fully saturated rings. The average molecular weight is 228 g/mol. The monoisotopic (exact) mass is 228 g/mol. The Balaban J connectivity index is 2.39. The van der Waals surface area contributed by atoms with Crippen molar-refractivity contribution in [1.82, 2.24) is 0 Å². The fourth-order valence-electron chi connectivity index (χ4n) is 2.18. The third kappa shape index (κ3) is 1.39. The Morgan fingerprint density at radius 1 is 1.12 bits per heavy atom. The molecule has 3 heteroatoms. The fraction of sp³-hybridized carbons (Fsp3) is 0.154. The van der Waals surface area contributed by atoms with Crippen LogP contribution in [0.2, 0.25) is 0 Å². The molecule has 0 amide bonds. The van der Waals surface area contributed by atoms with Crippen molar-refractivity contribution in [2.75, 3.05) is 5.75 Å². The van der Waals surface area contributed by atoms with Crippen LogP contribution in [0.4, 0.5) is 0 Å². The summed E-state index contributed by atoms with van der Waals surface area (Å²) in [6.45, 7) is 0. The first-order chi connectivity index (χ1) is 7.90. The molecule has 0 bridgehead atoms. The molecule has 80 valence electrons. The number of rotatable bonds is 0. The van der Waals surface area contributed by atoms with E-state index in [0.717, 1.165) is 17.9 Å². The smallest absolute Gasteiger partial charge is 0.0698 e. The van der Waals surface area contributed by atoms with Crippen LogP contribution in [0.1, 0.15) is 12.0 Å². The summed E-state index contributed by atoms with van der Waals surface area (Å²) in [7, 11) is 0. The number of hydrogen-bond donors (Lipinski definition) is 1. The highest BCUT2D eigenvalue weighted by molar-refractivity contribution is 7.99. The molecule has 0 saturated heterocycles. The Morgan fingerprint density at radius 2 is 2.00 bits per heavy atom. The van der Waals surface area contributed by atoms with Crippen molar-refractivity contribution in [3.05, 3.63) is 42.0 Å². The first-order valence-electron chi connectivity index (χ1n) is 5.32. The highest BCUT2D eigenvalue weighted by Gasteiger charge is 2.18. The summed E-state index contributed by atoms with van der Waals surface area (Å²) in [5, 5.41) is 6.46. The predicted octanol–water partition coefficient (Wildman–Crippen LogP) is 3.00. The number of thioether (sulfide) groups is 1. The van der Waals surface area contributed by atoms with E-state index in [-0.39, 0.29) is 0 Å². The van der Waals surface area contributed by atoms with Gasteiger partial charge in [-0.1, -0.05) is 30.3 Å². The van der Waals surface area contributed by atoms with Crippen LogP contribution < -0.4 is 5.84 Å². The minimum atomic E-state index is 0.960. The van der Waals surface area contributed by atoms with Gasteiger partial charge in [-0.05, 0) is 16.8 Å². The Hall–Kier alpha value is -1.48. The van der Waals surface area contributed by atoms with Crippen molar-refractivity contribution >= 4 is 28.2 Å². The van der Waals surface area contributed by atoms with Crippen molar-refractivity contribution in [3.8, 4) is 0 Å². The van der Waals surface area contributed by atoms with E-state index in [4.69, 9.17) is 5.84 Å². The summed E-state index contributed by atoms with van der Waals surface area (Å²) in [4.78, 5) is 1.30. The van der Waals surface area contributed by atoms with E-state index in [1.165, 1.54) is 21.2 Å². The van der Waals surface area contributed by atoms with Gasteiger partial charge in [0.25, 0.3) is 0 Å². The molecule has 0 unspecified atom stereocenters. The van der Waals surface area contributed by atoms with Gasteiger partial charge in [0.1, 0.15) is 0 Å². The summed E-state index contributed by atoms with van der Waals surface area (Å²) in [6.07, 6.45) is 0.960. The van der Waals surface area contributed by atoms with E-state index in [1.54, 1.807) is 0 Å². The van der Waals surface area contributed by atoms with E-state index in [9.17, 15) is 0 Å². The maximum atomic E-state index is 5.49. The summed E-state index contributed by atoms with van der Waals surface area (Å²) >= 11 is 1.89. The molecule has 0 aliphatic carbocycles. The molecule has 2 N–H and O–H groups in total. The van der Waals surface area contributed by atoms with Crippen LogP contribution in [0.25, 0.3) is 10.8 Å². The lowest BCUT2D eigenvalue weighted by atomic mass is 9.99. The van der Waals surface area contributed by atoms with Crippen LogP contribution in [0, 0.1) is 0 Å². The molecular formula is C13H12N2S. The van der Waals surface area contributed by atoms with Crippen LogP contribution in [-0.2, 0) is 0 Å². The van der Waals surface area contributed by atoms with Gasteiger partial charge in [0, 0.05) is 22.6 Å². The molecule has 1 aliphatic rings. The van der Waals surface area contributed by atoms with Crippen molar-refractivity contribution in [3.63, 3.8) is 0 Å². The number of hydrazone groups is 1. The molecule has 16 heavy (non-hydrogen) atoms. The predicted molar refractivity (Wildman–Crippen MR) is 70.0 cm³/mol. The molecule has 1 aliphatic heterocycles. The Bertz CT molecular complexity index is 575. The van der Waals surface area contributed by atoms with Gasteiger partial charge in [-0.2, -0.15) is 5.10 Å². The maximum absolute atomic E-state index is 5.49. The number of hydrogen-bond acceptors (Lipinski definition) is 3. The number of nitrogens with two attached hydrogens (primary N) is 1. The summed E-state index contributed by atoms with van der Waals surface area (Å²) in [5.41, 5.74) is 2.27. The van der Waals surface area contributed by atoms with Gasteiger partial charge in [0.05, 0.1) is 5.71 Å². The van der Waals surface area contributed by atoms with Gasteiger partial charge in [-0.25, -0.2) is 0 Å². The second-order valence-electron chi connectivity index (χ2n) is 3.83. The largest absolute Gasteiger partial charge is 0.323 e. The molecule has 0 saturated carbocycles. The Labute approximate surface area is 98.5 Å². The standard InChI is InChI=1S/C13H12N2S/c14-15-11-7-8-16-12-6-5-9-3-1-2-4-10(9)13(11)12/h1-6H,7-8,14H2. The maximum Gasteiger partial charge on any atom is 0.0698 e. The van der Waals surface area contributed by atoms with Crippen LogP contribution >= 0.6 is 11.8 Å². The molecule has 1 heterocycles. The van der Waals surface area contributed by atoms with Gasteiger partial charge in [0.15, 0.2) is 0 Å². The van der Waals surface area contributed by atoms with Crippen molar-refractivity contribution in [2.45, 2.75) is 11.3 Å². The van der Waals surface area contributed by atoms with Crippen LogP contribution in [0.3, 0.4) is 0 Å². The first-order valence-corrected chi connectivity index (χ1v) is 6.30. The minimum absolute atomic E-state index is 0.960. The van der Waals surface area contributed by atoms with Crippen molar-refractivity contribution in [1.29, 1.82) is 0 Å². The summed E-state index contributed by atoms with van der Waals surface area (Å²) in [5.74, 6) is 6.56. The zero-order chi connectivity index (χ0) is 11.0. The van der Waals surface area contributed by atoms with Crippen molar-refractivity contribution in [2.24, 2.45) is 10.9 Å². The van der Waals surface area contributed by atoms with E-state index in [2.05, 4.69) is 41.5 Å². The zero-order valence-electron chi connectivity index (χ0n) is 8.81. The fourth-order valence-corrected chi connectivity index (χ4v) is 3.23. The van der Waals surface area contributed by atoms with Crippen LogP contribution in [0.5, 0.6) is 0 Å². The quantitative estimate of drug-likeness (QED) is 0.556. The van der Waals surface area contributed by atoms with E-state index in [1.807, 2.05) is 11.8 Å². The lowest BCUT2D eigenvalue weighted by molar-refractivity contribution is 1.16. The van der Waals surface area contributed by atoms with Gasteiger partial charge in [-0.15, -0.1) is 11.8 Å². The lowest BCUT2D eigenvalue weighted by Crippen LogP contribution is -2.12. The molecule has 2 aromatic rings. The average Bonchev–Trinajstić information content (AvgIpc) is 2.37. The van der Waals surface area contributed by atoms with Gasteiger partial charge < -0.3 is 5.84 Å². The molecule has 0 spiro atoms. The van der Waals surface area contributed by atoms with E-state index < -0.39 is 0 Å². The lowest BCUT2D eigenvalue weighted by Gasteiger charge is -2.18. The molecule has 2 aromatic carbocycles. The molecule has 0 atom stereocenters. The third-order valence-electron chi connectivity index (χ3n) is 2.93. The molecular weight excluding hydrogens is 216 g/mol. The van der Waals surface area contributed by atoms with E-state index in [0.29, 0.717) is 0 Å². The van der Waals surface area contributed by atoms with E-state index >= 15 is 0 Å². The summed E-state index contributed by atoms with van der Waals surface area (Å²) < 4.78 is 0. The van der Waals surface area contributed by atoms with Crippen LogP contribution in [0.15, 0.2) is 46.4 Å². The Morgan fingerprint density at radius 3 is 2.88 bits per heavy atom. The second kappa shape index (κ2) is 3.83. The van der Waals surface area contributed by atoms with Gasteiger partial charge >= 0.3 is 0 Å². The number of fused-ring (bicyclic) bond motifs is 3. The Kier molecular flexibility index (Phi) is 2.33. The minimum Gasteiger partial charge on any atom is -0.323 e. The number of benzene rings is 2. The third-order valence-corrected chi connectivity index (χ3v) is 3.99. The van der Waals surface area contributed by atoms with Crippen LogP contribution in [-0.4, -0.2) is 11.5 Å². The van der Waals surface area contributed by atoms with Crippen molar-refractivity contribution < 1.29 is 0 Å². The van der Waals surface area contributed by atoms with Gasteiger partial charge in [0.2, 0.25) is 0 Å². The summed E-state index contributed by atoms with van der Waals surface area (Å²) in [6, 6.07) is 12.7.